The second-order valence-electron chi connectivity index (χ2n) is 7.35. The van der Waals surface area contributed by atoms with Crippen LogP contribution in [0.4, 0.5) is 0 Å². The molecule has 0 spiro atoms. The number of carbonyl (C=O) groups is 5. The molecule has 0 bridgehead atoms. The molecule has 0 aliphatic heterocycles. The molecule has 0 aliphatic rings. The summed E-state index contributed by atoms with van der Waals surface area (Å²) in [5.74, 6) is -2.03. The van der Waals surface area contributed by atoms with Gasteiger partial charge in [0.15, 0.2) is 0 Å². The number of amides is 5. The molecule has 2 atom stereocenters. The molecule has 0 radical (unpaired) electrons. The van der Waals surface area contributed by atoms with Gasteiger partial charge >= 0.3 is 0 Å². The lowest BCUT2D eigenvalue weighted by molar-refractivity contribution is -0.130. The van der Waals surface area contributed by atoms with Gasteiger partial charge in [0.25, 0.3) is 0 Å². The molecule has 10 nitrogen and oxygen atoms in total. The van der Waals surface area contributed by atoms with Crippen molar-refractivity contribution in [3.63, 3.8) is 0 Å². The van der Waals surface area contributed by atoms with Crippen LogP contribution < -0.4 is 27.4 Å². The molecule has 7 N–H and O–H groups in total. The summed E-state index contributed by atoms with van der Waals surface area (Å²) < 4.78 is 0. The minimum atomic E-state index is -0.973. The smallest absolute Gasteiger partial charge is 0.244 e. The second kappa shape index (κ2) is 17.2. The molecule has 30 heavy (non-hydrogen) atoms. The van der Waals surface area contributed by atoms with Crippen LogP contribution in [-0.2, 0) is 24.0 Å². The molecule has 5 amide bonds. The van der Waals surface area contributed by atoms with Crippen molar-refractivity contribution in [2.24, 2.45) is 11.5 Å². The Hall–Kier alpha value is -2.65. The normalized spacial score (nSPS) is 12.4. The Morgan fingerprint density at radius 2 is 1.37 bits per heavy atom. The molecular weight excluding hydrogens is 390 g/mol. The molecule has 0 saturated heterocycles. The Balaban J connectivity index is 4.61. The maximum Gasteiger partial charge on any atom is 0.244 e. The van der Waals surface area contributed by atoms with Crippen LogP contribution in [-0.4, -0.2) is 42.2 Å². The number of carbonyl (C=O) groups excluding carboxylic acids is 5. The molecular formula is C20H37N5O5. The number of nitrogens with one attached hydrogen (secondary N) is 3. The van der Waals surface area contributed by atoms with Crippen molar-refractivity contribution < 1.29 is 24.0 Å². The third-order valence-electron chi connectivity index (χ3n) is 4.60. The first kappa shape index (κ1) is 27.4. The predicted molar refractivity (Wildman–Crippen MR) is 113 cm³/mol. The van der Waals surface area contributed by atoms with E-state index < -0.39 is 29.9 Å². The van der Waals surface area contributed by atoms with Crippen LogP contribution in [0.5, 0.6) is 0 Å². The van der Waals surface area contributed by atoms with Gasteiger partial charge in [-0.25, -0.2) is 0 Å². The van der Waals surface area contributed by atoms with Crippen LogP contribution in [0.3, 0.4) is 0 Å². The molecule has 10 heteroatoms. The van der Waals surface area contributed by atoms with Crippen molar-refractivity contribution in [2.45, 2.75) is 96.2 Å². The number of unbranched alkanes of at least 4 members (excludes halogenated alkanes) is 6. The third-order valence-corrected chi connectivity index (χ3v) is 4.60. The number of primary amides is 2. The van der Waals surface area contributed by atoms with E-state index in [1.807, 2.05) is 0 Å². The monoisotopic (exact) mass is 427 g/mol. The molecule has 0 rings (SSSR count). The van der Waals surface area contributed by atoms with Crippen LogP contribution in [0.2, 0.25) is 0 Å². The van der Waals surface area contributed by atoms with Gasteiger partial charge in [-0.15, -0.1) is 0 Å². The van der Waals surface area contributed by atoms with Crippen LogP contribution in [0, 0.1) is 0 Å². The Bertz CT molecular complexity index is 556. The average Bonchev–Trinajstić information content (AvgIpc) is 2.68. The topological polar surface area (TPSA) is 173 Å². The number of hydrogen-bond donors (Lipinski definition) is 5. The summed E-state index contributed by atoms with van der Waals surface area (Å²) in [5, 5.41) is 7.55. The van der Waals surface area contributed by atoms with Crippen LogP contribution in [0.1, 0.15) is 84.0 Å². The minimum absolute atomic E-state index is 0.0353. The quantitative estimate of drug-likeness (QED) is 0.113. The van der Waals surface area contributed by atoms with Crippen LogP contribution in [0.15, 0.2) is 0 Å². The minimum Gasteiger partial charge on any atom is -0.370 e. The van der Waals surface area contributed by atoms with Gasteiger partial charge in [0.2, 0.25) is 30.0 Å². The van der Waals surface area contributed by atoms with E-state index in [1.54, 1.807) is 0 Å². The summed E-state index contributed by atoms with van der Waals surface area (Å²) in [6.07, 6.45) is 7.35. The highest BCUT2D eigenvalue weighted by Crippen LogP contribution is 2.09. The van der Waals surface area contributed by atoms with Crippen LogP contribution in [0.25, 0.3) is 0 Å². The zero-order valence-corrected chi connectivity index (χ0v) is 17.9. The Labute approximate surface area is 178 Å². The molecule has 0 aliphatic carbocycles. The van der Waals surface area contributed by atoms with Gasteiger partial charge in [-0.05, 0) is 19.3 Å². The van der Waals surface area contributed by atoms with Crippen LogP contribution >= 0.6 is 0 Å². The van der Waals surface area contributed by atoms with E-state index >= 15 is 0 Å². The zero-order valence-electron chi connectivity index (χ0n) is 17.9. The van der Waals surface area contributed by atoms with E-state index in [9.17, 15) is 24.0 Å². The summed E-state index contributed by atoms with van der Waals surface area (Å²) in [6.45, 7) is 2.16. The highest BCUT2D eigenvalue weighted by Gasteiger charge is 2.23. The molecule has 0 aromatic carbocycles. The number of nitrogens with two attached hydrogens (primary N) is 2. The van der Waals surface area contributed by atoms with Crippen molar-refractivity contribution in [2.75, 3.05) is 0 Å². The summed E-state index contributed by atoms with van der Waals surface area (Å²) >= 11 is 0. The van der Waals surface area contributed by atoms with E-state index in [-0.39, 0.29) is 38.0 Å². The predicted octanol–water partition coefficient (Wildman–Crippen LogP) is 0.331. The Morgan fingerprint density at radius 3 is 1.93 bits per heavy atom. The molecule has 2 unspecified atom stereocenters. The summed E-state index contributed by atoms with van der Waals surface area (Å²) in [4.78, 5) is 57.5. The molecule has 0 aromatic rings. The fourth-order valence-electron chi connectivity index (χ4n) is 2.90. The van der Waals surface area contributed by atoms with Gasteiger partial charge in [-0.3, -0.25) is 24.0 Å². The van der Waals surface area contributed by atoms with Gasteiger partial charge in [0.05, 0.1) is 0 Å². The van der Waals surface area contributed by atoms with E-state index in [2.05, 4.69) is 22.9 Å². The molecule has 172 valence electrons. The van der Waals surface area contributed by atoms with Crippen molar-refractivity contribution in [1.82, 2.24) is 16.0 Å². The first-order valence-corrected chi connectivity index (χ1v) is 10.7. The maximum absolute atomic E-state index is 12.5. The highest BCUT2D eigenvalue weighted by atomic mass is 16.2. The summed E-state index contributed by atoms with van der Waals surface area (Å²) in [7, 11) is 0. The summed E-state index contributed by atoms with van der Waals surface area (Å²) in [5.41, 5.74) is 10.2. The van der Waals surface area contributed by atoms with E-state index in [0.29, 0.717) is 6.41 Å². The average molecular weight is 428 g/mol. The van der Waals surface area contributed by atoms with E-state index in [0.717, 1.165) is 25.7 Å². The first-order valence-electron chi connectivity index (χ1n) is 10.7. The lowest BCUT2D eigenvalue weighted by Crippen LogP contribution is -2.53. The Morgan fingerprint density at radius 1 is 0.800 bits per heavy atom. The van der Waals surface area contributed by atoms with Gasteiger partial charge in [-0.1, -0.05) is 45.4 Å². The number of hydrogen-bond acceptors (Lipinski definition) is 5. The highest BCUT2D eigenvalue weighted by molar-refractivity contribution is 5.88. The van der Waals surface area contributed by atoms with E-state index in [1.165, 1.54) is 19.3 Å². The maximum atomic E-state index is 12.5. The van der Waals surface area contributed by atoms with Crippen molar-refractivity contribution in [3.05, 3.63) is 0 Å². The van der Waals surface area contributed by atoms with E-state index in [4.69, 9.17) is 11.5 Å². The molecule has 0 saturated carbocycles. The lowest BCUT2D eigenvalue weighted by atomic mass is 10.1. The standard InChI is InChI=1S/C20H37N5O5/c1-2-3-4-5-6-7-8-9-19(29)24-15(10-11-16(21)27)20(30)25-18(23-14-26)13-12-17(22)28/h14-15,18H,2-13H2,1H3,(H2,21,27)(H2,22,28)(H,23,26)(H,24,29)(H,25,30). The second-order valence-corrected chi connectivity index (χ2v) is 7.35. The SMILES string of the molecule is CCCCCCCCCC(=O)NC(CCC(N)=O)C(=O)NC(CCC(N)=O)NC=O. The molecule has 0 fully saturated rings. The van der Waals surface area contributed by atoms with Crippen molar-refractivity contribution >= 4 is 30.0 Å². The van der Waals surface area contributed by atoms with Crippen molar-refractivity contribution in [3.8, 4) is 0 Å². The van der Waals surface area contributed by atoms with Crippen molar-refractivity contribution in [1.29, 1.82) is 0 Å². The molecule has 0 heterocycles. The first-order chi connectivity index (χ1) is 14.3. The third kappa shape index (κ3) is 15.3. The lowest BCUT2D eigenvalue weighted by Gasteiger charge is -2.23. The Kier molecular flexibility index (Phi) is 15.7. The van der Waals surface area contributed by atoms with Gasteiger partial charge in [-0.2, -0.15) is 0 Å². The van der Waals surface area contributed by atoms with Gasteiger partial charge in [0, 0.05) is 19.3 Å². The molecule has 0 aromatic heterocycles. The van der Waals surface area contributed by atoms with Gasteiger partial charge < -0.3 is 27.4 Å². The summed E-state index contributed by atoms with van der Waals surface area (Å²) in [6, 6.07) is -0.973. The zero-order chi connectivity index (χ0) is 22.8. The fourth-order valence-corrected chi connectivity index (χ4v) is 2.90. The van der Waals surface area contributed by atoms with Gasteiger partial charge in [0.1, 0.15) is 12.2 Å². The number of rotatable bonds is 19. The largest absolute Gasteiger partial charge is 0.370 e. The fraction of sp³-hybridized carbons (Fsp3) is 0.750.